The van der Waals surface area contributed by atoms with E-state index in [0.29, 0.717) is 18.4 Å². The van der Waals surface area contributed by atoms with E-state index >= 15 is 0 Å². The van der Waals surface area contributed by atoms with Crippen LogP contribution < -0.4 is 0 Å². The summed E-state index contributed by atoms with van der Waals surface area (Å²) in [5, 5.41) is 19.9. The van der Waals surface area contributed by atoms with Gasteiger partial charge in [0.05, 0.1) is 5.60 Å². The van der Waals surface area contributed by atoms with Crippen molar-refractivity contribution in [3.63, 3.8) is 0 Å². The molecule has 1 atom stereocenters. The van der Waals surface area contributed by atoms with Crippen molar-refractivity contribution in [3.05, 3.63) is 35.6 Å². The summed E-state index contributed by atoms with van der Waals surface area (Å²) < 4.78 is 13.2. The van der Waals surface area contributed by atoms with Crippen LogP contribution in [0.5, 0.6) is 0 Å². The molecule has 1 fully saturated rings. The fourth-order valence-corrected chi connectivity index (χ4v) is 2.82. The zero-order valence-electron chi connectivity index (χ0n) is 10.1. The molecule has 4 heteroatoms. The lowest BCUT2D eigenvalue weighted by molar-refractivity contribution is -0.147. The summed E-state index contributed by atoms with van der Waals surface area (Å²) in [6, 6.07) is 5.51. The fourth-order valence-electron chi connectivity index (χ4n) is 2.82. The Hall–Kier alpha value is -1.42. The number of aliphatic hydroxyl groups is 1. The highest BCUT2D eigenvalue weighted by molar-refractivity contribution is 5.77. The van der Waals surface area contributed by atoms with E-state index in [4.69, 9.17) is 0 Å². The van der Waals surface area contributed by atoms with Crippen molar-refractivity contribution >= 4 is 5.97 Å². The van der Waals surface area contributed by atoms with Crippen molar-refractivity contribution in [1.82, 2.24) is 0 Å². The van der Waals surface area contributed by atoms with E-state index in [0.717, 1.165) is 19.3 Å². The van der Waals surface area contributed by atoms with Crippen molar-refractivity contribution in [2.45, 2.75) is 43.6 Å². The van der Waals surface area contributed by atoms with Gasteiger partial charge < -0.3 is 10.2 Å². The van der Waals surface area contributed by atoms with Crippen LogP contribution >= 0.6 is 0 Å². The molecule has 2 rings (SSSR count). The Balaban J connectivity index is 2.36. The summed E-state index contributed by atoms with van der Waals surface area (Å²) in [5.41, 5.74) is -0.912. The summed E-state index contributed by atoms with van der Waals surface area (Å²) in [6.07, 6.45) is 3.56. The molecule has 0 spiro atoms. The summed E-state index contributed by atoms with van der Waals surface area (Å²) in [4.78, 5) is 11.4. The molecule has 0 unspecified atom stereocenters. The Morgan fingerprint density at radius 3 is 2.50 bits per heavy atom. The van der Waals surface area contributed by atoms with Crippen LogP contribution in [-0.4, -0.2) is 21.8 Å². The van der Waals surface area contributed by atoms with E-state index in [9.17, 15) is 19.4 Å². The van der Waals surface area contributed by atoms with Crippen molar-refractivity contribution in [3.8, 4) is 0 Å². The van der Waals surface area contributed by atoms with Crippen LogP contribution in [0.3, 0.4) is 0 Å². The minimum absolute atomic E-state index is 0.340. The smallest absolute Gasteiger partial charge is 0.313 e. The zero-order chi connectivity index (χ0) is 13.2. The fraction of sp³-hybridized carbons (Fsp3) is 0.500. The molecule has 1 aromatic rings. The lowest BCUT2D eigenvalue weighted by Gasteiger charge is -2.37. The quantitative estimate of drug-likeness (QED) is 0.869. The summed E-state index contributed by atoms with van der Waals surface area (Å²) >= 11 is 0. The number of aliphatic carboxylic acids is 1. The van der Waals surface area contributed by atoms with Crippen LogP contribution in [0.4, 0.5) is 4.39 Å². The van der Waals surface area contributed by atoms with Crippen LogP contribution in [0.2, 0.25) is 0 Å². The Bertz CT molecular complexity index is 438. The molecule has 3 nitrogen and oxygen atoms in total. The molecular weight excluding hydrogens is 235 g/mol. The van der Waals surface area contributed by atoms with E-state index in [2.05, 4.69) is 0 Å². The number of rotatable bonds is 3. The topological polar surface area (TPSA) is 57.5 Å². The summed E-state index contributed by atoms with van der Waals surface area (Å²) in [5.74, 6) is -2.61. The lowest BCUT2D eigenvalue weighted by Crippen LogP contribution is -2.42. The number of benzene rings is 1. The second-order valence-electron chi connectivity index (χ2n) is 4.99. The van der Waals surface area contributed by atoms with Crippen molar-refractivity contribution in [2.24, 2.45) is 0 Å². The van der Waals surface area contributed by atoms with Gasteiger partial charge in [0, 0.05) is 0 Å². The van der Waals surface area contributed by atoms with E-state index in [-0.39, 0.29) is 0 Å². The maximum Gasteiger partial charge on any atom is 0.313 e. The number of carboxylic acids is 1. The summed E-state index contributed by atoms with van der Waals surface area (Å²) in [7, 11) is 0. The van der Waals surface area contributed by atoms with Gasteiger partial charge in [0.1, 0.15) is 11.7 Å². The monoisotopic (exact) mass is 252 g/mol. The molecule has 2 N–H and O–H groups in total. The number of carboxylic acid groups (broad SMARTS) is 1. The molecule has 0 saturated heterocycles. The van der Waals surface area contributed by atoms with E-state index in [1.54, 1.807) is 6.07 Å². The zero-order valence-corrected chi connectivity index (χ0v) is 10.1. The molecule has 1 saturated carbocycles. The number of hydrogen-bond donors (Lipinski definition) is 2. The highest BCUT2D eigenvalue weighted by atomic mass is 19.1. The first-order chi connectivity index (χ1) is 8.53. The van der Waals surface area contributed by atoms with Gasteiger partial charge in [-0.1, -0.05) is 31.4 Å². The van der Waals surface area contributed by atoms with Gasteiger partial charge in [-0.25, -0.2) is 4.39 Å². The molecule has 98 valence electrons. The third-order valence-electron chi connectivity index (χ3n) is 3.69. The normalized spacial score (nSPS) is 20.3. The van der Waals surface area contributed by atoms with Gasteiger partial charge in [-0.2, -0.15) is 0 Å². The van der Waals surface area contributed by atoms with Crippen LogP contribution in [0.25, 0.3) is 0 Å². The van der Waals surface area contributed by atoms with Crippen LogP contribution in [0.15, 0.2) is 24.3 Å². The van der Waals surface area contributed by atoms with E-state index < -0.39 is 23.3 Å². The Labute approximate surface area is 105 Å². The third kappa shape index (κ3) is 2.53. The molecule has 1 aliphatic carbocycles. The average Bonchev–Trinajstić information content (AvgIpc) is 2.29. The molecule has 0 radical (unpaired) electrons. The predicted octanol–water partition coefficient (Wildman–Crippen LogP) is 2.69. The van der Waals surface area contributed by atoms with E-state index in [1.807, 2.05) is 0 Å². The second kappa shape index (κ2) is 5.06. The summed E-state index contributed by atoms with van der Waals surface area (Å²) in [6.45, 7) is 0. The van der Waals surface area contributed by atoms with Gasteiger partial charge in [-0.15, -0.1) is 0 Å². The number of hydrogen-bond acceptors (Lipinski definition) is 2. The molecule has 0 bridgehead atoms. The molecule has 0 amide bonds. The molecular formula is C14H17FO3. The SMILES string of the molecule is O=C(O)[C@@H](c1cccc(F)c1)C1(O)CCCCC1. The van der Waals surface area contributed by atoms with Crippen molar-refractivity contribution < 1.29 is 19.4 Å². The van der Waals surface area contributed by atoms with Gasteiger partial charge in [0.15, 0.2) is 0 Å². The van der Waals surface area contributed by atoms with Gasteiger partial charge in [0.2, 0.25) is 0 Å². The molecule has 18 heavy (non-hydrogen) atoms. The van der Waals surface area contributed by atoms with Gasteiger partial charge in [-0.3, -0.25) is 4.79 Å². The maximum absolute atomic E-state index is 13.2. The largest absolute Gasteiger partial charge is 0.481 e. The van der Waals surface area contributed by atoms with Crippen molar-refractivity contribution in [1.29, 1.82) is 0 Å². The average molecular weight is 252 g/mol. The molecule has 0 aliphatic heterocycles. The van der Waals surface area contributed by atoms with E-state index in [1.165, 1.54) is 18.2 Å². The Morgan fingerprint density at radius 2 is 1.94 bits per heavy atom. The van der Waals surface area contributed by atoms with Crippen LogP contribution in [0, 0.1) is 5.82 Å². The molecule has 0 heterocycles. The molecule has 0 aromatic heterocycles. The Kier molecular flexibility index (Phi) is 3.66. The number of carbonyl (C=O) groups is 1. The molecule has 1 aromatic carbocycles. The van der Waals surface area contributed by atoms with Gasteiger partial charge in [-0.05, 0) is 30.5 Å². The van der Waals surface area contributed by atoms with Crippen LogP contribution in [0.1, 0.15) is 43.6 Å². The van der Waals surface area contributed by atoms with Crippen molar-refractivity contribution in [2.75, 3.05) is 0 Å². The minimum Gasteiger partial charge on any atom is -0.481 e. The highest BCUT2D eigenvalue weighted by Crippen LogP contribution is 2.40. The standard InChI is InChI=1S/C14H17FO3/c15-11-6-4-5-10(9-11)12(13(16)17)14(18)7-2-1-3-8-14/h4-6,9,12,18H,1-3,7-8H2,(H,16,17)/t12-/m1/s1. The maximum atomic E-state index is 13.2. The second-order valence-corrected chi connectivity index (χ2v) is 4.99. The first-order valence-corrected chi connectivity index (χ1v) is 6.23. The van der Waals surface area contributed by atoms with Gasteiger partial charge in [0.25, 0.3) is 0 Å². The predicted molar refractivity (Wildman–Crippen MR) is 64.8 cm³/mol. The minimum atomic E-state index is -1.25. The van der Waals surface area contributed by atoms with Crippen LogP contribution in [-0.2, 0) is 4.79 Å². The lowest BCUT2D eigenvalue weighted by atomic mass is 9.73. The highest BCUT2D eigenvalue weighted by Gasteiger charge is 2.43. The third-order valence-corrected chi connectivity index (χ3v) is 3.69. The molecule has 1 aliphatic rings. The number of halogens is 1. The Morgan fingerprint density at radius 1 is 1.28 bits per heavy atom. The first-order valence-electron chi connectivity index (χ1n) is 6.23. The first kappa shape index (κ1) is 13.0. The van der Waals surface area contributed by atoms with Gasteiger partial charge >= 0.3 is 5.97 Å².